The molecule has 0 amide bonds. The van der Waals surface area contributed by atoms with E-state index in [1.54, 1.807) is 0 Å². The summed E-state index contributed by atoms with van der Waals surface area (Å²) in [5.74, 6) is 0. The smallest absolute Gasteiger partial charge is 0.0271 e. The highest BCUT2D eigenvalue weighted by molar-refractivity contribution is 5.09. The number of aromatic nitrogens is 1. The van der Waals surface area contributed by atoms with Crippen molar-refractivity contribution in [2.45, 2.75) is 45.8 Å². The molecule has 1 heterocycles. The lowest BCUT2D eigenvalue weighted by molar-refractivity contribution is 0.206. The van der Waals surface area contributed by atoms with Crippen LogP contribution in [0.5, 0.6) is 0 Å². The maximum Gasteiger partial charge on any atom is 0.0271 e. The van der Waals surface area contributed by atoms with Gasteiger partial charge >= 0.3 is 0 Å². The summed E-state index contributed by atoms with van der Waals surface area (Å²) in [4.78, 5) is 6.42. The van der Waals surface area contributed by atoms with Gasteiger partial charge in [0.15, 0.2) is 0 Å². The molecule has 0 saturated carbocycles. The van der Waals surface area contributed by atoms with Crippen LogP contribution in [0.25, 0.3) is 0 Å². The van der Waals surface area contributed by atoms with Gasteiger partial charge in [-0.05, 0) is 51.6 Å². The average Bonchev–Trinajstić information content (AvgIpc) is 2.36. The second-order valence-corrected chi connectivity index (χ2v) is 4.75. The van der Waals surface area contributed by atoms with Crippen molar-refractivity contribution in [3.8, 4) is 0 Å². The summed E-state index contributed by atoms with van der Waals surface area (Å²) in [7, 11) is 2.18. The molecular weight excluding hydrogens is 210 g/mol. The van der Waals surface area contributed by atoms with Crippen LogP contribution in [0.2, 0.25) is 0 Å². The Hall–Kier alpha value is -0.930. The first-order valence-corrected chi connectivity index (χ1v) is 6.47. The predicted octanol–water partition coefficient (Wildman–Crippen LogP) is 2.29. The normalized spacial score (nSPS) is 14.9. The first-order chi connectivity index (χ1) is 8.15. The highest BCUT2D eigenvalue weighted by Crippen LogP contribution is 2.07. The molecule has 2 unspecified atom stereocenters. The largest absolute Gasteiger partial charge is 0.313 e. The van der Waals surface area contributed by atoms with Crippen LogP contribution in [0.1, 0.15) is 32.8 Å². The summed E-state index contributed by atoms with van der Waals surface area (Å²) in [5.41, 5.74) is 1.32. The maximum atomic E-state index is 4.04. The summed E-state index contributed by atoms with van der Waals surface area (Å²) in [6.45, 7) is 8.79. The number of pyridine rings is 1. The van der Waals surface area contributed by atoms with Gasteiger partial charge in [-0.1, -0.05) is 6.92 Å². The molecule has 0 bridgehead atoms. The van der Waals surface area contributed by atoms with E-state index in [-0.39, 0.29) is 0 Å². The molecule has 1 N–H and O–H groups in total. The maximum absolute atomic E-state index is 4.04. The Labute approximate surface area is 105 Å². The number of nitrogens with zero attached hydrogens (tertiary/aromatic N) is 2. The van der Waals surface area contributed by atoms with E-state index in [0.717, 1.165) is 13.1 Å². The lowest BCUT2D eigenvalue weighted by Gasteiger charge is -2.30. The second kappa shape index (κ2) is 7.41. The molecule has 3 heteroatoms. The lowest BCUT2D eigenvalue weighted by atomic mass is 10.1. The molecular formula is C14H25N3. The number of hydrogen-bond donors (Lipinski definition) is 1. The van der Waals surface area contributed by atoms with Gasteiger partial charge in [-0.2, -0.15) is 0 Å². The Morgan fingerprint density at radius 2 is 1.94 bits per heavy atom. The van der Waals surface area contributed by atoms with Crippen molar-refractivity contribution in [1.82, 2.24) is 15.2 Å². The number of rotatable bonds is 7. The minimum absolute atomic E-state index is 0.516. The fraction of sp³-hybridized carbons (Fsp3) is 0.643. The van der Waals surface area contributed by atoms with Gasteiger partial charge in [0.2, 0.25) is 0 Å². The molecule has 0 fully saturated rings. The van der Waals surface area contributed by atoms with Crippen LogP contribution in [0.15, 0.2) is 24.5 Å². The summed E-state index contributed by atoms with van der Waals surface area (Å²) in [5, 5.41) is 3.54. The van der Waals surface area contributed by atoms with Gasteiger partial charge in [0.25, 0.3) is 0 Å². The van der Waals surface area contributed by atoms with Crippen LogP contribution in [-0.2, 0) is 6.54 Å². The van der Waals surface area contributed by atoms with Gasteiger partial charge in [-0.3, -0.25) is 9.88 Å². The first-order valence-electron chi connectivity index (χ1n) is 6.47. The minimum Gasteiger partial charge on any atom is -0.313 e. The number of nitrogens with one attached hydrogen (secondary N) is 1. The van der Waals surface area contributed by atoms with Crippen molar-refractivity contribution in [1.29, 1.82) is 0 Å². The monoisotopic (exact) mass is 235 g/mol. The molecule has 2 atom stereocenters. The van der Waals surface area contributed by atoms with Crippen molar-refractivity contribution >= 4 is 0 Å². The van der Waals surface area contributed by atoms with Crippen LogP contribution < -0.4 is 5.32 Å². The Morgan fingerprint density at radius 3 is 2.53 bits per heavy atom. The Kier molecular flexibility index (Phi) is 6.16. The Balaban J connectivity index is 2.43. The Morgan fingerprint density at radius 1 is 1.29 bits per heavy atom. The number of likely N-dealkylation sites (N-methyl/N-ethyl adjacent to an activating group) is 1. The fourth-order valence-corrected chi connectivity index (χ4v) is 1.84. The molecule has 0 radical (unpaired) electrons. The number of hydrogen-bond acceptors (Lipinski definition) is 3. The van der Waals surface area contributed by atoms with E-state index in [9.17, 15) is 0 Å². The zero-order chi connectivity index (χ0) is 12.7. The third-order valence-corrected chi connectivity index (χ3v) is 3.32. The third-order valence-electron chi connectivity index (χ3n) is 3.32. The molecule has 0 spiro atoms. The SMILES string of the molecule is CCCNC(C)C(C)N(C)Cc1ccncc1. The average molecular weight is 235 g/mol. The molecule has 0 aliphatic heterocycles. The summed E-state index contributed by atoms with van der Waals surface area (Å²) >= 11 is 0. The molecule has 0 aromatic carbocycles. The van der Waals surface area contributed by atoms with E-state index in [1.165, 1.54) is 12.0 Å². The molecule has 96 valence electrons. The first kappa shape index (κ1) is 14.1. The predicted molar refractivity (Wildman–Crippen MR) is 72.9 cm³/mol. The molecule has 0 aliphatic rings. The van der Waals surface area contributed by atoms with E-state index in [4.69, 9.17) is 0 Å². The molecule has 3 nitrogen and oxygen atoms in total. The van der Waals surface area contributed by atoms with Gasteiger partial charge in [0.1, 0.15) is 0 Å². The zero-order valence-corrected chi connectivity index (χ0v) is 11.5. The lowest BCUT2D eigenvalue weighted by Crippen LogP contribution is -2.45. The highest BCUT2D eigenvalue weighted by atomic mass is 15.2. The molecule has 0 saturated heterocycles. The van der Waals surface area contributed by atoms with Crippen molar-refractivity contribution in [2.75, 3.05) is 13.6 Å². The van der Waals surface area contributed by atoms with E-state index in [2.05, 4.69) is 55.2 Å². The Bertz CT molecular complexity index is 300. The van der Waals surface area contributed by atoms with Crippen LogP contribution >= 0.6 is 0 Å². The second-order valence-electron chi connectivity index (χ2n) is 4.75. The van der Waals surface area contributed by atoms with Crippen molar-refractivity contribution < 1.29 is 0 Å². The molecule has 1 rings (SSSR count). The van der Waals surface area contributed by atoms with Crippen molar-refractivity contribution in [3.05, 3.63) is 30.1 Å². The quantitative estimate of drug-likeness (QED) is 0.786. The van der Waals surface area contributed by atoms with Crippen molar-refractivity contribution in [2.24, 2.45) is 0 Å². The van der Waals surface area contributed by atoms with Gasteiger partial charge < -0.3 is 5.32 Å². The van der Waals surface area contributed by atoms with Crippen LogP contribution in [0, 0.1) is 0 Å². The molecule has 0 aliphatic carbocycles. The minimum atomic E-state index is 0.516. The van der Waals surface area contributed by atoms with Gasteiger partial charge in [-0.25, -0.2) is 0 Å². The van der Waals surface area contributed by atoms with Gasteiger partial charge in [0, 0.05) is 31.0 Å². The topological polar surface area (TPSA) is 28.2 Å². The fourth-order valence-electron chi connectivity index (χ4n) is 1.84. The zero-order valence-electron chi connectivity index (χ0n) is 11.5. The van der Waals surface area contributed by atoms with E-state index in [0.29, 0.717) is 12.1 Å². The van der Waals surface area contributed by atoms with E-state index < -0.39 is 0 Å². The third kappa shape index (κ3) is 4.84. The molecule has 1 aromatic rings. The van der Waals surface area contributed by atoms with E-state index in [1.807, 2.05) is 12.4 Å². The standard InChI is InChI=1S/C14H25N3/c1-5-8-16-12(2)13(3)17(4)11-14-6-9-15-10-7-14/h6-7,9-10,12-13,16H,5,8,11H2,1-4H3. The van der Waals surface area contributed by atoms with Gasteiger partial charge in [-0.15, -0.1) is 0 Å². The summed E-state index contributed by atoms with van der Waals surface area (Å²) in [6.07, 6.45) is 4.89. The van der Waals surface area contributed by atoms with E-state index >= 15 is 0 Å². The highest BCUT2D eigenvalue weighted by Gasteiger charge is 2.16. The van der Waals surface area contributed by atoms with Crippen LogP contribution in [0.4, 0.5) is 0 Å². The van der Waals surface area contributed by atoms with Crippen molar-refractivity contribution in [3.63, 3.8) is 0 Å². The van der Waals surface area contributed by atoms with Crippen LogP contribution in [0.3, 0.4) is 0 Å². The molecule has 1 aromatic heterocycles. The molecule has 17 heavy (non-hydrogen) atoms. The van der Waals surface area contributed by atoms with Crippen LogP contribution in [-0.4, -0.2) is 35.6 Å². The van der Waals surface area contributed by atoms with Gasteiger partial charge in [0.05, 0.1) is 0 Å². The summed E-state index contributed by atoms with van der Waals surface area (Å²) < 4.78 is 0. The summed E-state index contributed by atoms with van der Waals surface area (Å²) in [6, 6.07) is 5.19.